The molecule has 0 saturated heterocycles. The van der Waals surface area contributed by atoms with Gasteiger partial charge in [-0.1, -0.05) is 48.5 Å². The Bertz CT molecular complexity index is 941. The van der Waals surface area contributed by atoms with E-state index in [0.717, 1.165) is 26.9 Å². The van der Waals surface area contributed by atoms with E-state index in [1.807, 2.05) is 36.4 Å². The molecule has 4 aromatic rings. The molecule has 1 heterocycles. The molecule has 0 aliphatic heterocycles. The number of hydrogen-bond donors (Lipinski definition) is 1. The quantitative estimate of drug-likeness (QED) is 0.484. The highest BCUT2D eigenvalue weighted by Gasteiger charge is 2.10. The Labute approximate surface area is 108 Å². The van der Waals surface area contributed by atoms with Crippen LogP contribution in [0.4, 0.5) is 0 Å². The highest BCUT2D eigenvalue weighted by atomic mass is 16.1. The van der Waals surface area contributed by atoms with E-state index in [4.69, 9.17) is 0 Å². The second-order valence-corrected chi connectivity index (χ2v) is 4.58. The monoisotopic (exact) mass is 246 g/mol. The molecule has 0 aliphatic carbocycles. The Hall–Kier alpha value is -2.68. The number of nitrogens with zero attached hydrogens (tertiary/aromatic N) is 1. The van der Waals surface area contributed by atoms with Gasteiger partial charge in [-0.25, -0.2) is 5.10 Å². The first-order valence-electron chi connectivity index (χ1n) is 6.13. The molecule has 1 aromatic heterocycles. The summed E-state index contributed by atoms with van der Waals surface area (Å²) in [5.74, 6) is 0. The van der Waals surface area contributed by atoms with Gasteiger partial charge in [-0.05, 0) is 21.5 Å². The molecule has 0 saturated carbocycles. The summed E-state index contributed by atoms with van der Waals surface area (Å²) in [7, 11) is 0. The molecule has 19 heavy (non-hydrogen) atoms. The van der Waals surface area contributed by atoms with Gasteiger partial charge in [0.15, 0.2) is 0 Å². The highest BCUT2D eigenvalue weighted by Crippen LogP contribution is 2.32. The number of fused-ring (bicyclic) bond motifs is 6. The van der Waals surface area contributed by atoms with Crippen LogP contribution in [0.3, 0.4) is 0 Å². The molecule has 0 radical (unpaired) electrons. The zero-order chi connectivity index (χ0) is 12.8. The van der Waals surface area contributed by atoms with E-state index < -0.39 is 0 Å². The van der Waals surface area contributed by atoms with Crippen LogP contribution in [0.25, 0.3) is 32.3 Å². The maximum atomic E-state index is 12.1. The average molecular weight is 246 g/mol. The van der Waals surface area contributed by atoms with Crippen LogP contribution in [0.2, 0.25) is 0 Å². The van der Waals surface area contributed by atoms with Crippen LogP contribution in [0.1, 0.15) is 0 Å². The minimum atomic E-state index is -0.139. The fourth-order valence-electron chi connectivity index (χ4n) is 2.76. The Kier molecular flexibility index (Phi) is 1.97. The minimum Gasteiger partial charge on any atom is -0.267 e. The molecule has 0 atom stereocenters. The number of benzene rings is 3. The molecule has 1 N–H and O–H groups in total. The van der Waals surface area contributed by atoms with Gasteiger partial charge in [-0.2, -0.15) is 5.10 Å². The van der Waals surface area contributed by atoms with Crippen LogP contribution >= 0.6 is 0 Å². The molecular formula is C16H10N2O. The van der Waals surface area contributed by atoms with Crippen molar-refractivity contribution < 1.29 is 0 Å². The summed E-state index contributed by atoms with van der Waals surface area (Å²) >= 11 is 0. The van der Waals surface area contributed by atoms with E-state index >= 15 is 0 Å². The van der Waals surface area contributed by atoms with E-state index in [1.54, 1.807) is 6.20 Å². The van der Waals surface area contributed by atoms with E-state index in [0.29, 0.717) is 5.39 Å². The standard InChI is InChI=1S/C16H10N2O/c19-16-15-13-8-4-3-6-11(13)10-5-1-2-7-12(10)14(15)9-17-18-16/h1-9H,(H,18,19). The van der Waals surface area contributed by atoms with Gasteiger partial charge in [0.1, 0.15) is 0 Å². The Balaban J connectivity index is 2.52. The molecule has 3 aromatic carbocycles. The highest BCUT2D eigenvalue weighted by molar-refractivity contribution is 6.24. The summed E-state index contributed by atoms with van der Waals surface area (Å²) in [6.07, 6.45) is 1.73. The van der Waals surface area contributed by atoms with Crippen molar-refractivity contribution in [1.82, 2.24) is 10.2 Å². The lowest BCUT2D eigenvalue weighted by Gasteiger charge is -2.08. The zero-order valence-electron chi connectivity index (χ0n) is 10.1. The van der Waals surface area contributed by atoms with Gasteiger partial charge in [0.05, 0.1) is 11.6 Å². The third-order valence-electron chi connectivity index (χ3n) is 3.56. The predicted octanol–water partition coefficient (Wildman–Crippen LogP) is 3.23. The van der Waals surface area contributed by atoms with E-state index in [9.17, 15) is 4.79 Å². The van der Waals surface area contributed by atoms with Crippen molar-refractivity contribution in [2.45, 2.75) is 0 Å². The Morgan fingerprint density at radius 2 is 1.26 bits per heavy atom. The summed E-state index contributed by atoms with van der Waals surface area (Å²) in [6, 6.07) is 16.1. The second-order valence-electron chi connectivity index (χ2n) is 4.58. The largest absolute Gasteiger partial charge is 0.272 e. The third-order valence-corrected chi connectivity index (χ3v) is 3.56. The van der Waals surface area contributed by atoms with Gasteiger partial charge in [-0.3, -0.25) is 4.79 Å². The second kappa shape index (κ2) is 3.65. The van der Waals surface area contributed by atoms with Crippen LogP contribution in [0.15, 0.2) is 59.5 Å². The summed E-state index contributed by atoms with van der Waals surface area (Å²) in [4.78, 5) is 12.1. The lowest BCUT2D eigenvalue weighted by Crippen LogP contribution is -2.08. The lowest BCUT2D eigenvalue weighted by atomic mass is 9.96. The summed E-state index contributed by atoms with van der Waals surface area (Å²) < 4.78 is 0. The molecule has 3 heteroatoms. The maximum absolute atomic E-state index is 12.1. The lowest BCUT2D eigenvalue weighted by molar-refractivity contribution is 1.01. The van der Waals surface area contributed by atoms with Crippen molar-refractivity contribution >= 4 is 32.3 Å². The van der Waals surface area contributed by atoms with Crippen molar-refractivity contribution in [3.05, 3.63) is 65.1 Å². The smallest absolute Gasteiger partial charge is 0.267 e. The minimum absolute atomic E-state index is 0.139. The van der Waals surface area contributed by atoms with Crippen LogP contribution in [-0.4, -0.2) is 10.2 Å². The van der Waals surface area contributed by atoms with Crippen molar-refractivity contribution in [1.29, 1.82) is 0 Å². The van der Waals surface area contributed by atoms with Crippen molar-refractivity contribution in [2.24, 2.45) is 0 Å². The molecule has 3 nitrogen and oxygen atoms in total. The molecule has 0 aliphatic rings. The van der Waals surface area contributed by atoms with Gasteiger partial charge in [0.25, 0.3) is 5.56 Å². The van der Waals surface area contributed by atoms with Gasteiger partial charge >= 0.3 is 0 Å². The number of rotatable bonds is 0. The first-order chi connectivity index (χ1) is 9.36. The molecule has 0 bridgehead atoms. The maximum Gasteiger partial charge on any atom is 0.272 e. The molecule has 0 spiro atoms. The summed E-state index contributed by atoms with van der Waals surface area (Å²) in [5.41, 5.74) is -0.139. The van der Waals surface area contributed by atoms with Crippen molar-refractivity contribution in [3.63, 3.8) is 0 Å². The normalized spacial score (nSPS) is 11.4. The molecule has 90 valence electrons. The van der Waals surface area contributed by atoms with Gasteiger partial charge in [0.2, 0.25) is 0 Å². The number of hydrogen-bond acceptors (Lipinski definition) is 2. The third kappa shape index (κ3) is 1.32. The van der Waals surface area contributed by atoms with E-state index in [1.165, 1.54) is 0 Å². The SMILES string of the molecule is O=c1[nH]ncc2c3ccccc3c3ccccc3c12. The Morgan fingerprint density at radius 1 is 0.737 bits per heavy atom. The predicted molar refractivity (Wildman–Crippen MR) is 77.4 cm³/mol. The fourth-order valence-corrected chi connectivity index (χ4v) is 2.76. The topological polar surface area (TPSA) is 45.8 Å². The molecule has 0 amide bonds. The molecular weight excluding hydrogens is 236 g/mol. The molecule has 0 unspecified atom stereocenters. The molecule has 4 rings (SSSR count). The fraction of sp³-hybridized carbons (Fsp3) is 0. The van der Waals surface area contributed by atoms with Crippen LogP contribution in [0.5, 0.6) is 0 Å². The van der Waals surface area contributed by atoms with Crippen LogP contribution in [0, 0.1) is 0 Å². The first-order valence-corrected chi connectivity index (χ1v) is 6.13. The summed E-state index contributed by atoms with van der Waals surface area (Å²) in [5, 5.41) is 12.4. The Morgan fingerprint density at radius 3 is 1.95 bits per heavy atom. The number of aromatic nitrogens is 2. The number of aromatic amines is 1. The van der Waals surface area contributed by atoms with Crippen LogP contribution < -0.4 is 5.56 Å². The van der Waals surface area contributed by atoms with E-state index in [-0.39, 0.29) is 5.56 Å². The van der Waals surface area contributed by atoms with Gasteiger partial charge in [-0.15, -0.1) is 0 Å². The van der Waals surface area contributed by atoms with Crippen molar-refractivity contribution in [2.75, 3.05) is 0 Å². The first kappa shape index (κ1) is 10.3. The average Bonchev–Trinajstić information content (AvgIpc) is 2.47. The number of nitrogens with one attached hydrogen (secondary N) is 1. The van der Waals surface area contributed by atoms with Gasteiger partial charge < -0.3 is 0 Å². The van der Waals surface area contributed by atoms with Crippen molar-refractivity contribution in [3.8, 4) is 0 Å². The van der Waals surface area contributed by atoms with Gasteiger partial charge in [0, 0.05) is 5.39 Å². The number of H-pyrrole nitrogens is 1. The van der Waals surface area contributed by atoms with E-state index in [2.05, 4.69) is 22.3 Å². The summed E-state index contributed by atoms with van der Waals surface area (Å²) in [6.45, 7) is 0. The molecule has 0 fully saturated rings. The zero-order valence-corrected chi connectivity index (χ0v) is 10.1. The van der Waals surface area contributed by atoms with Crippen LogP contribution in [-0.2, 0) is 0 Å².